The Labute approximate surface area is 232 Å². The summed E-state index contributed by atoms with van der Waals surface area (Å²) in [7, 11) is 0. The number of alkyl carbamates (subject to hydrolysis) is 1. The minimum Gasteiger partial charge on any atom is -0.444 e. The van der Waals surface area contributed by atoms with Crippen LogP contribution in [0.25, 0.3) is 0 Å². The normalized spacial score (nSPS) is 15.6. The number of terminal acetylenes is 1. The van der Waals surface area contributed by atoms with Crippen LogP contribution in [0, 0.1) is 18.3 Å². The first-order valence-corrected chi connectivity index (χ1v) is 13.7. The number of benzene rings is 2. The molecule has 0 radical (unpaired) electrons. The Balaban J connectivity index is 1.99. The molecular weight excluding hydrogens is 490 g/mol. The molecule has 2 aromatic rings. The molecule has 39 heavy (non-hydrogen) atoms. The average Bonchev–Trinajstić information content (AvgIpc) is 2.88. The van der Waals surface area contributed by atoms with Gasteiger partial charge in [-0.1, -0.05) is 68.7 Å². The smallest absolute Gasteiger partial charge is 0.408 e. The number of nitrogens with one attached hydrogen (secondary N) is 2. The van der Waals surface area contributed by atoms with Crippen molar-refractivity contribution in [2.45, 2.75) is 90.6 Å². The summed E-state index contributed by atoms with van der Waals surface area (Å²) in [6, 6.07) is 15.0. The number of hydrogen-bond donors (Lipinski definition) is 2. The summed E-state index contributed by atoms with van der Waals surface area (Å²) in [6.07, 6.45) is 8.12. The second-order valence-electron chi connectivity index (χ2n) is 11.2. The van der Waals surface area contributed by atoms with Crippen LogP contribution < -0.4 is 10.6 Å². The van der Waals surface area contributed by atoms with Crippen LogP contribution in [0.4, 0.5) is 4.79 Å². The maximum atomic E-state index is 14.3. The van der Waals surface area contributed by atoms with Crippen LogP contribution in [0.15, 0.2) is 54.6 Å². The first-order chi connectivity index (χ1) is 18.5. The molecule has 2 aromatic carbocycles. The van der Waals surface area contributed by atoms with Gasteiger partial charge in [-0.2, -0.15) is 0 Å². The number of ether oxygens (including phenoxy) is 1. The molecule has 3 rings (SSSR count). The van der Waals surface area contributed by atoms with Gasteiger partial charge >= 0.3 is 6.09 Å². The summed E-state index contributed by atoms with van der Waals surface area (Å²) in [5.41, 5.74) is 1.60. The molecule has 7 heteroatoms. The molecular formula is C32H41N3O4. The minimum absolute atomic E-state index is 0.121. The Bertz CT molecular complexity index is 1160. The molecule has 1 aliphatic carbocycles. The number of hydrogen-bond acceptors (Lipinski definition) is 4. The highest BCUT2D eigenvalue weighted by atomic mass is 16.6. The summed E-state index contributed by atoms with van der Waals surface area (Å²) < 4.78 is 5.48. The molecule has 1 saturated carbocycles. The highest BCUT2D eigenvalue weighted by Crippen LogP contribution is 2.34. The van der Waals surface area contributed by atoms with Gasteiger partial charge in [0.2, 0.25) is 11.8 Å². The molecule has 208 valence electrons. The van der Waals surface area contributed by atoms with Crippen molar-refractivity contribution in [2.24, 2.45) is 5.92 Å². The van der Waals surface area contributed by atoms with Gasteiger partial charge in [-0.15, -0.1) is 6.42 Å². The van der Waals surface area contributed by atoms with Gasteiger partial charge in [-0.25, -0.2) is 4.79 Å². The zero-order valence-electron chi connectivity index (χ0n) is 23.7. The van der Waals surface area contributed by atoms with Crippen molar-refractivity contribution in [2.75, 3.05) is 0 Å². The SMILES string of the molecule is C#Cc1ccc(C(C(=O)NCc2ccccc2)N(C(=O)C(NC(=O)OC(C)(C)C)C(C)CC)C2CCC2)cc1. The Morgan fingerprint density at radius 1 is 1.08 bits per heavy atom. The maximum absolute atomic E-state index is 14.3. The standard InChI is InChI=1S/C32H41N3O4/c1-7-22(3)27(34-31(38)39-32(4,5)6)30(37)35(26-15-12-16-26)28(25-19-17-23(8-2)18-20-25)29(36)33-21-24-13-10-9-11-14-24/h2,9-11,13-14,17-20,22,26-28H,7,12,15-16,21H2,1,3-6H3,(H,33,36)(H,34,38). The molecule has 3 amide bonds. The summed E-state index contributed by atoms with van der Waals surface area (Å²) in [5.74, 6) is 1.85. The van der Waals surface area contributed by atoms with E-state index in [2.05, 4.69) is 16.6 Å². The second kappa shape index (κ2) is 13.3. The van der Waals surface area contributed by atoms with Crippen molar-refractivity contribution in [1.82, 2.24) is 15.5 Å². The van der Waals surface area contributed by atoms with E-state index in [0.29, 0.717) is 24.1 Å². The molecule has 0 bridgehead atoms. The molecule has 0 heterocycles. The van der Waals surface area contributed by atoms with E-state index in [9.17, 15) is 14.4 Å². The van der Waals surface area contributed by atoms with Crippen molar-refractivity contribution < 1.29 is 19.1 Å². The predicted molar refractivity (Wildman–Crippen MR) is 153 cm³/mol. The number of amides is 3. The van der Waals surface area contributed by atoms with E-state index in [0.717, 1.165) is 24.8 Å². The van der Waals surface area contributed by atoms with Crippen LogP contribution in [0.3, 0.4) is 0 Å². The van der Waals surface area contributed by atoms with Crippen LogP contribution >= 0.6 is 0 Å². The molecule has 0 aliphatic heterocycles. The largest absolute Gasteiger partial charge is 0.444 e. The summed E-state index contributed by atoms with van der Waals surface area (Å²) in [5, 5.41) is 5.85. The van der Waals surface area contributed by atoms with Gasteiger partial charge < -0.3 is 20.3 Å². The maximum Gasteiger partial charge on any atom is 0.408 e. The minimum atomic E-state index is -0.884. The van der Waals surface area contributed by atoms with E-state index >= 15 is 0 Å². The Morgan fingerprint density at radius 3 is 2.23 bits per heavy atom. The monoisotopic (exact) mass is 531 g/mol. The van der Waals surface area contributed by atoms with Crippen LogP contribution in [-0.4, -0.2) is 40.5 Å². The fourth-order valence-electron chi connectivity index (χ4n) is 4.54. The molecule has 0 spiro atoms. The second-order valence-corrected chi connectivity index (χ2v) is 11.2. The van der Waals surface area contributed by atoms with Crippen molar-refractivity contribution in [1.29, 1.82) is 0 Å². The topological polar surface area (TPSA) is 87.7 Å². The van der Waals surface area contributed by atoms with Crippen LogP contribution in [-0.2, 0) is 20.9 Å². The molecule has 2 N–H and O–H groups in total. The molecule has 1 aliphatic rings. The van der Waals surface area contributed by atoms with E-state index in [-0.39, 0.29) is 23.8 Å². The van der Waals surface area contributed by atoms with Crippen LogP contribution in [0.2, 0.25) is 0 Å². The van der Waals surface area contributed by atoms with Gasteiger partial charge in [-0.3, -0.25) is 9.59 Å². The predicted octanol–water partition coefficient (Wildman–Crippen LogP) is 5.35. The van der Waals surface area contributed by atoms with Crippen molar-refractivity contribution in [3.63, 3.8) is 0 Å². The lowest BCUT2D eigenvalue weighted by Crippen LogP contribution is -2.59. The Morgan fingerprint density at radius 2 is 1.72 bits per heavy atom. The van der Waals surface area contributed by atoms with E-state index in [4.69, 9.17) is 11.2 Å². The van der Waals surface area contributed by atoms with Gasteiger partial charge in [0.25, 0.3) is 0 Å². The molecule has 0 saturated heterocycles. The van der Waals surface area contributed by atoms with Gasteiger partial charge in [0, 0.05) is 18.2 Å². The Hall–Kier alpha value is -3.79. The van der Waals surface area contributed by atoms with Gasteiger partial charge in [-0.05, 0) is 69.2 Å². The van der Waals surface area contributed by atoms with Gasteiger partial charge in [0.05, 0.1) is 0 Å². The summed E-state index contributed by atoms with van der Waals surface area (Å²) in [4.78, 5) is 42.7. The number of carbonyl (C=O) groups excluding carboxylic acids is 3. The summed E-state index contributed by atoms with van der Waals surface area (Å²) >= 11 is 0. The zero-order chi connectivity index (χ0) is 28.6. The first-order valence-electron chi connectivity index (χ1n) is 13.7. The van der Waals surface area contributed by atoms with Gasteiger partial charge in [0.1, 0.15) is 17.7 Å². The number of rotatable bonds is 10. The third-order valence-electron chi connectivity index (χ3n) is 7.10. The fourth-order valence-corrected chi connectivity index (χ4v) is 4.54. The van der Waals surface area contributed by atoms with E-state index in [1.165, 1.54) is 0 Å². The number of nitrogens with zero attached hydrogens (tertiary/aromatic N) is 1. The summed E-state index contributed by atoms with van der Waals surface area (Å²) in [6.45, 7) is 9.56. The van der Waals surface area contributed by atoms with Crippen molar-refractivity contribution >= 4 is 17.9 Å². The number of carbonyl (C=O) groups is 3. The molecule has 3 unspecified atom stereocenters. The van der Waals surface area contributed by atoms with E-state index in [1.54, 1.807) is 49.9 Å². The lowest BCUT2D eigenvalue weighted by atomic mass is 9.86. The van der Waals surface area contributed by atoms with Crippen molar-refractivity contribution in [3.05, 3.63) is 71.3 Å². The molecule has 7 nitrogen and oxygen atoms in total. The van der Waals surface area contributed by atoms with E-state index < -0.39 is 23.8 Å². The fraction of sp³-hybridized carbons (Fsp3) is 0.469. The lowest BCUT2D eigenvalue weighted by Gasteiger charge is -2.44. The molecule has 0 aromatic heterocycles. The van der Waals surface area contributed by atoms with Crippen LogP contribution in [0.1, 0.15) is 83.0 Å². The molecule has 3 atom stereocenters. The lowest BCUT2D eigenvalue weighted by molar-refractivity contribution is -0.148. The van der Waals surface area contributed by atoms with Crippen LogP contribution in [0.5, 0.6) is 0 Å². The highest BCUT2D eigenvalue weighted by molar-refractivity contribution is 5.92. The Kier molecular flexibility index (Phi) is 10.2. The average molecular weight is 532 g/mol. The highest BCUT2D eigenvalue weighted by Gasteiger charge is 2.43. The molecule has 1 fully saturated rings. The third-order valence-corrected chi connectivity index (χ3v) is 7.10. The van der Waals surface area contributed by atoms with Gasteiger partial charge in [0.15, 0.2) is 0 Å². The van der Waals surface area contributed by atoms with E-state index in [1.807, 2.05) is 44.2 Å². The third kappa shape index (κ3) is 8.10. The first kappa shape index (κ1) is 29.8. The quantitative estimate of drug-likeness (QED) is 0.405. The van der Waals surface area contributed by atoms with Crippen molar-refractivity contribution in [3.8, 4) is 12.3 Å². The zero-order valence-corrected chi connectivity index (χ0v) is 23.7.